The number of carbonyl (C=O) groups excluding carboxylic acids is 1. The maximum atomic E-state index is 12.4. The van der Waals surface area contributed by atoms with Crippen LogP contribution in [0.5, 0.6) is 0 Å². The molecule has 3 aromatic rings. The van der Waals surface area contributed by atoms with E-state index in [2.05, 4.69) is 31.2 Å². The van der Waals surface area contributed by atoms with Crippen LogP contribution in [0.25, 0.3) is 5.69 Å². The van der Waals surface area contributed by atoms with Crippen LogP contribution < -0.4 is 10.3 Å². The van der Waals surface area contributed by atoms with Gasteiger partial charge in [0.15, 0.2) is 0 Å². The summed E-state index contributed by atoms with van der Waals surface area (Å²) in [5, 5.41) is 0. The summed E-state index contributed by atoms with van der Waals surface area (Å²) in [6.45, 7) is 0. The average molecular weight is 421 g/mol. The molecule has 0 spiro atoms. The van der Waals surface area contributed by atoms with Crippen molar-refractivity contribution in [2.75, 3.05) is 0 Å². The third-order valence-corrected chi connectivity index (χ3v) is 5.59. The SMILES string of the molecule is O=C(NNS(=O)(=O)c1ccccc1Br)c1cncn1-c1ccccc1. The summed E-state index contributed by atoms with van der Waals surface area (Å²) in [5.41, 5.74) is 3.13. The van der Waals surface area contributed by atoms with E-state index in [1.54, 1.807) is 22.8 Å². The van der Waals surface area contributed by atoms with Crippen molar-refractivity contribution in [2.45, 2.75) is 4.90 Å². The quantitative estimate of drug-likeness (QED) is 0.619. The molecule has 0 bridgehead atoms. The molecule has 0 aliphatic carbocycles. The Bertz CT molecular complexity index is 1000. The minimum absolute atomic E-state index is 0.0202. The van der Waals surface area contributed by atoms with Crippen molar-refractivity contribution in [1.29, 1.82) is 0 Å². The largest absolute Gasteiger partial charge is 0.295 e. The molecule has 128 valence electrons. The van der Waals surface area contributed by atoms with Crippen LogP contribution >= 0.6 is 15.9 Å². The van der Waals surface area contributed by atoms with Crippen molar-refractivity contribution in [3.05, 3.63) is 77.3 Å². The molecule has 0 atom stereocenters. The highest BCUT2D eigenvalue weighted by atomic mass is 79.9. The van der Waals surface area contributed by atoms with Crippen molar-refractivity contribution in [3.8, 4) is 5.69 Å². The van der Waals surface area contributed by atoms with Gasteiger partial charge in [-0.2, -0.15) is 0 Å². The number of hydrazine groups is 1. The van der Waals surface area contributed by atoms with Crippen LogP contribution in [0, 0.1) is 0 Å². The third-order valence-electron chi connectivity index (χ3n) is 3.33. The van der Waals surface area contributed by atoms with Crippen LogP contribution in [0.15, 0.2) is 76.5 Å². The van der Waals surface area contributed by atoms with E-state index in [-0.39, 0.29) is 10.6 Å². The fourth-order valence-corrected chi connectivity index (χ4v) is 4.00. The number of rotatable bonds is 5. The lowest BCUT2D eigenvalue weighted by Crippen LogP contribution is -2.42. The van der Waals surface area contributed by atoms with Crippen molar-refractivity contribution in [2.24, 2.45) is 0 Å². The third kappa shape index (κ3) is 3.78. The topological polar surface area (TPSA) is 93.1 Å². The number of hydrogen-bond acceptors (Lipinski definition) is 4. The van der Waals surface area contributed by atoms with Gasteiger partial charge in [-0.05, 0) is 40.2 Å². The molecule has 0 fully saturated rings. The minimum Gasteiger partial charge on any atom is -0.295 e. The normalized spacial score (nSPS) is 11.2. The van der Waals surface area contributed by atoms with Gasteiger partial charge >= 0.3 is 0 Å². The maximum absolute atomic E-state index is 12.4. The zero-order valence-electron chi connectivity index (χ0n) is 12.8. The fraction of sp³-hybridized carbons (Fsp3) is 0. The van der Waals surface area contributed by atoms with E-state index in [0.29, 0.717) is 4.47 Å². The van der Waals surface area contributed by atoms with E-state index in [1.165, 1.54) is 18.6 Å². The molecule has 1 aromatic heterocycles. The molecule has 0 radical (unpaired) electrons. The number of hydrogen-bond donors (Lipinski definition) is 2. The first-order chi connectivity index (χ1) is 12.0. The van der Waals surface area contributed by atoms with Crippen LogP contribution in [-0.2, 0) is 10.0 Å². The van der Waals surface area contributed by atoms with Crippen LogP contribution in [0.4, 0.5) is 0 Å². The van der Waals surface area contributed by atoms with Crippen LogP contribution in [0.2, 0.25) is 0 Å². The first-order valence-electron chi connectivity index (χ1n) is 7.13. The molecule has 0 saturated carbocycles. The molecule has 2 N–H and O–H groups in total. The predicted octanol–water partition coefficient (Wildman–Crippen LogP) is 2.26. The van der Waals surface area contributed by atoms with Crippen molar-refractivity contribution in [1.82, 2.24) is 19.8 Å². The predicted molar refractivity (Wildman–Crippen MR) is 95.5 cm³/mol. The first kappa shape index (κ1) is 17.3. The number of benzene rings is 2. The summed E-state index contributed by atoms with van der Waals surface area (Å²) in [6, 6.07) is 15.4. The highest BCUT2D eigenvalue weighted by Gasteiger charge is 2.20. The molecular weight excluding hydrogens is 408 g/mol. The Morgan fingerprint density at radius 1 is 1.04 bits per heavy atom. The standard InChI is InChI=1S/C16H13BrN4O3S/c17-13-8-4-5-9-15(13)25(23,24)20-19-16(22)14-10-18-11-21(14)12-6-2-1-3-7-12/h1-11,20H,(H,19,22). The van der Waals surface area contributed by atoms with Crippen LogP contribution in [0.3, 0.4) is 0 Å². The molecule has 9 heteroatoms. The van der Waals surface area contributed by atoms with E-state index in [9.17, 15) is 13.2 Å². The molecule has 7 nitrogen and oxygen atoms in total. The van der Waals surface area contributed by atoms with E-state index in [4.69, 9.17) is 0 Å². The average Bonchev–Trinajstić information content (AvgIpc) is 3.10. The first-order valence-corrected chi connectivity index (χ1v) is 9.41. The van der Waals surface area contributed by atoms with E-state index in [1.807, 2.05) is 30.3 Å². The van der Waals surface area contributed by atoms with Gasteiger partial charge < -0.3 is 0 Å². The second-order valence-corrected chi connectivity index (χ2v) is 7.48. The number of amides is 1. The van der Waals surface area contributed by atoms with Crippen molar-refractivity contribution in [3.63, 3.8) is 0 Å². The van der Waals surface area contributed by atoms with E-state index < -0.39 is 15.9 Å². The fourth-order valence-electron chi connectivity index (χ4n) is 2.15. The number of aromatic nitrogens is 2. The number of nitrogens with one attached hydrogen (secondary N) is 2. The molecule has 0 saturated heterocycles. The molecule has 1 amide bonds. The zero-order valence-corrected chi connectivity index (χ0v) is 15.2. The summed E-state index contributed by atoms with van der Waals surface area (Å²) >= 11 is 3.17. The molecule has 0 unspecified atom stereocenters. The molecule has 3 rings (SSSR count). The van der Waals surface area contributed by atoms with Gasteiger partial charge in [-0.25, -0.2) is 13.4 Å². The van der Waals surface area contributed by atoms with Gasteiger partial charge in [-0.1, -0.05) is 30.3 Å². The summed E-state index contributed by atoms with van der Waals surface area (Å²) < 4.78 is 26.6. The molecule has 2 aromatic carbocycles. The molecule has 25 heavy (non-hydrogen) atoms. The molecular formula is C16H13BrN4O3S. The highest BCUT2D eigenvalue weighted by molar-refractivity contribution is 9.10. The lowest BCUT2D eigenvalue weighted by atomic mass is 10.3. The van der Waals surface area contributed by atoms with Gasteiger partial charge in [-0.3, -0.25) is 14.8 Å². The van der Waals surface area contributed by atoms with Crippen LogP contribution in [0.1, 0.15) is 10.5 Å². The number of imidazole rings is 1. The number of halogens is 1. The van der Waals surface area contributed by atoms with Crippen molar-refractivity contribution >= 4 is 31.9 Å². The molecule has 0 aliphatic heterocycles. The van der Waals surface area contributed by atoms with Gasteiger partial charge in [0.2, 0.25) is 0 Å². The van der Waals surface area contributed by atoms with Crippen molar-refractivity contribution < 1.29 is 13.2 Å². The Labute approximate surface area is 152 Å². The lowest BCUT2D eigenvalue weighted by Gasteiger charge is -2.11. The monoisotopic (exact) mass is 420 g/mol. The Kier molecular flexibility index (Phi) is 4.98. The Morgan fingerprint density at radius 2 is 1.72 bits per heavy atom. The summed E-state index contributed by atoms with van der Waals surface area (Å²) in [4.78, 5) is 18.4. The van der Waals surface area contributed by atoms with Gasteiger partial charge in [0.1, 0.15) is 5.69 Å². The number of carbonyl (C=O) groups is 1. The minimum atomic E-state index is -3.91. The molecule has 1 heterocycles. The lowest BCUT2D eigenvalue weighted by molar-refractivity contribution is 0.0938. The second-order valence-electron chi connectivity index (χ2n) is 4.97. The second kappa shape index (κ2) is 7.18. The van der Waals surface area contributed by atoms with E-state index in [0.717, 1.165) is 5.69 Å². The van der Waals surface area contributed by atoms with Gasteiger partial charge in [-0.15, -0.1) is 4.83 Å². The zero-order chi connectivity index (χ0) is 17.9. The number of nitrogens with zero attached hydrogens (tertiary/aromatic N) is 2. The molecule has 0 aliphatic rings. The summed E-state index contributed by atoms with van der Waals surface area (Å²) in [5.74, 6) is -0.628. The van der Waals surface area contributed by atoms with Gasteiger partial charge in [0.05, 0.1) is 17.4 Å². The van der Waals surface area contributed by atoms with E-state index >= 15 is 0 Å². The Hall–Kier alpha value is -2.49. The Morgan fingerprint density at radius 3 is 2.44 bits per heavy atom. The summed E-state index contributed by atoms with van der Waals surface area (Å²) in [6.07, 6.45) is 2.83. The smallest absolute Gasteiger partial charge is 0.284 e. The van der Waals surface area contributed by atoms with Gasteiger partial charge in [0.25, 0.3) is 15.9 Å². The Balaban J connectivity index is 1.79. The summed E-state index contributed by atoms with van der Waals surface area (Å²) in [7, 11) is -3.91. The highest BCUT2D eigenvalue weighted by Crippen LogP contribution is 2.20. The maximum Gasteiger partial charge on any atom is 0.284 e. The van der Waals surface area contributed by atoms with Gasteiger partial charge in [0, 0.05) is 10.2 Å². The van der Waals surface area contributed by atoms with Crippen LogP contribution in [-0.4, -0.2) is 23.9 Å². The number of para-hydroxylation sites is 1. The number of sulfonamides is 1.